The Bertz CT molecular complexity index is 542. The molecule has 0 amide bonds. The van der Waals surface area contributed by atoms with Gasteiger partial charge in [-0.25, -0.2) is 0 Å². The third-order valence-electron chi connectivity index (χ3n) is 2.34. The van der Waals surface area contributed by atoms with Gasteiger partial charge in [-0.05, 0) is 23.8 Å². The van der Waals surface area contributed by atoms with Gasteiger partial charge in [-0.1, -0.05) is 29.8 Å². The standard InChI is InChI=1S/C13H11ClN2S/c14-13-4-2-1-3-10(13)8-16-9-12-6-5-11(7-15)17-12/h1-6,16H,8-9H2. The highest BCUT2D eigenvalue weighted by molar-refractivity contribution is 7.12. The van der Waals surface area contributed by atoms with Crippen LogP contribution < -0.4 is 5.32 Å². The molecule has 0 radical (unpaired) electrons. The molecule has 0 aliphatic carbocycles. The Morgan fingerprint density at radius 1 is 1.18 bits per heavy atom. The summed E-state index contributed by atoms with van der Waals surface area (Å²) in [5.74, 6) is 0. The lowest BCUT2D eigenvalue weighted by Gasteiger charge is -2.05. The van der Waals surface area contributed by atoms with E-state index in [1.807, 2.05) is 36.4 Å². The molecule has 0 saturated heterocycles. The number of benzene rings is 1. The molecule has 0 aliphatic heterocycles. The fourth-order valence-electron chi connectivity index (χ4n) is 1.50. The monoisotopic (exact) mass is 262 g/mol. The zero-order chi connectivity index (χ0) is 12.1. The van der Waals surface area contributed by atoms with Gasteiger partial charge in [0.15, 0.2) is 0 Å². The van der Waals surface area contributed by atoms with E-state index in [0.29, 0.717) is 0 Å². The highest BCUT2D eigenvalue weighted by Gasteiger charge is 2.01. The molecule has 0 fully saturated rings. The van der Waals surface area contributed by atoms with Crippen molar-refractivity contribution in [1.82, 2.24) is 5.32 Å². The lowest BCUT2D eigenvalue weighted by atomic mass is 10.2. The van der Waals surface area contributed by atoms with Crippen molar-refractivity contribution in [3.63, 3.8) is 0 Å². The van der Waals surface area contributed by atoms with Crippen LogP contribution in [0.3, 0.4) is 0 Å². The van der Waals surface area contributed by atoms with E-state index in [-0.39, 0.29) is 0 Å². The minimum atomic E-state index is 0.736. The van der Waals surface area contributed by atoms with E-state index < -0.39 is 0 Å². The first-order valence-electron chi connectivity index (χ1n) is 5.22. The molecule has 1 N–H and O–H groups in total. The van der Waals surface area contributed by atoms with Gasteiger partial charge in [-0.2, -0.15) is 5.26 Å². The fraction of sp³-hybridized carbons (Fsp3) is 0.154. The number of halogens is 1. The predicted octanol–water partition coefficient (Wildman–Crippen LogP) is 3.56. The summed E-state index contributed by atoms with van der Waals surface area (Å²) < 4.78 is 0. The molecule has 2 nitrogen and oxygen atoms in total. The second-order valence-electron chi connectivity index (χ2n) is 3.57. The normalized spacial score (nSPS) is 10.1. The van der Waals surface area contributed by atoms with Gasteiger partial charge in [0.1, 0.15) is 10.9 Å². The molecule has 0 saturated carbocycles. The number of hydrogen-bond acceptors (Lipinski definition) is 3. The summed E-state index contributed by atoms with van der Waals surface area (Å²) in [4.78, 5) is 1.91. The van der Waals surface area contributed by atoms with E-state index in [1.165, 1.54) is 11.3 Å². The average molecular weight is 263 g/mol. The summed E-state index contributed by atoms with van der Waals surface area (Å²) in [6.45, 7) is 1.50. The van der Waals surface area contributed by atoms with Crippen LogP contribution in [0.5, 0.6) is 0 Å². The molecule has 2 aromatic rings. The molecule has 0 unspecified atom stereocenters. The van der Waals surface area contributed by atoms with Crippen molar-refractivity contribution >= 4 is 22.9 Å². The van der Waals surface area contributed by atoms with E-state index in [0.717, 1.165) is 33.4 Å². The minimum absolute atomic E-state index is 0.736. The summed E-state index contributed by atoms with van der Waals surface area (Å²) in [7, 11) is 0. The first-order valence-corrected chi connectivity index (χ1v) is 6.42. The Balaban J connectivity index is 1.88. The number of hydrogen-bond donors (Lipinski definition) is 1. The maximum absolute atomic E-state index is 8.71. The molecule has 0 aliphatic rings. The number of nitrogens with one attached hydrogen (secondary N) is 1. The van der Waals surface area contributed by atoms with E-state index in [9.17, 15) is 0 Å². The van der Waals surface area contributed by atoms with Crippen LogP contribution in [0.1, 0.15) is 15.3 Å². The Kier molecular flexibility index (Phi) is 4.16. The Morgan fingerprint density at radius 3 is 2.71 bits per heavy atom. The predicted molar refractivity (Wildman–Crippen MR) is 71.0 cm³/mol. The second-order valence-corrected chi connectivity index (χ2v) is 5.15. The molecule has 1 heterocycles. The van der Waals surface area contributed by atoms with Crippen molar-refractivity contribution in [3.05, 3.63) is 56.7 Å². The van der Waals surface area contributed by atoms with Crippen molar-refractivity contribution in [3.8, 4) is 6.07 Å². The maximum atomic E-state index is 8.71. The van der Waals surface area contributed by atoms with Crippen LogP contribution >= 0.6 is 22.9 Å². The van der Waals surface area contributed by atoms with Crippen molar-refractivity contribution < 1.29 is 0 Å². The quantitative estimate of drug-likeness (QED) is 0.915. The van der Waals surface area contributed by atoms with Crippen molar-refractivity contribution in [2.45, 2.75) is 13.1 Å². The van der Waals surface area contributed by atoms with Crippen LogP contribution in [0, 0.1) is 11.3 Å². The molecule has 1 aromatic carbocycles. The number of thiophene rings is 1. The molecule has 0 spiro atoms. The van der Waals surface area contributed by atoms with E-state index in [4.69, 9.17) is 16.9 Å². The highest BCUT2D eigenvalue weighted by atomic mass is 35.5. The number of nitriles is 1. The lowest BCUT2D eigenvalue weighted by Crippen LogP contribution is -2.11. The third-order valence-corrected chi connectivity index (χ3v) is 3.70. The van der Waals surface area contributed by atoms with Crippen LogP contribution in [0.25, 0.3) is 0 Å². The minimum Gasteiger partial charge on any atom is -0.308 e. The van der Waals surface area contributed by atoms with Gasteiger partial charge in [0.25, 0.3) is 0 Å². The van der Waals surface area contributed by atoms with Gasteiger partial charge in [-0.15, -0.1) is 11.3 Å². The molecular weight excluding hydrogens is 252 g/mol. The van der Waals surface area contributed by atoms with Crippen LogP contribution in [0.15, 0.2) is 36.4 Å². The fourth-order valence-corrected chi connectivity index (χ4v) is 2.47. The SMILES string of the molecule is N#Cc1ccc(CNCc2ccccc2Cl)s1. The molecule has 0 bridgehead atoms. The van der Waals surface area contributed by atoms with Crippen molar-refractivity contribution in [2.75, 3.05) is 0 Å². The Hall–Kier alpha value is -1.34. The molecule has 17 heavy (non-hydrogen) atoms. The van der Waals surface area contributed by atoms with E-state index >= 15 is 0 Å². The number of nitrogens with zero attached hydrogens (tertiary/aromatic N) is 1. The van der Waals surface area contributed by atoms with Crippen molar-refractivity contribution in [2.24, 2.45) is 0 Å². The molecule has 86 valence electrons. The molecular formula is C13H11ClN2S. The molecule has 1 aromatic heterocycles. The Labute approximate surface area is 109 Å². The second kappa shape index (κ2) is 5.83. The Morgan fingerprint density at radius 2 is 2.00 bits per heavy atom. The molecule has 4 heteroatoms. The van der Waals surface area contributed by atoms with Crippen molar-refractivity contribution in [1.29, 1.82) is 5.26 Å². The van der Waals surface area contributed by atoms with Gasteiger partial charge in [0.05, 0.1) is 0 Å². The topological polar surface area (TPSA) is 35.8 Å². The first kappa shape index (κ1) is 12.1. The summed E-state index contributed by atoms with van der Waals surface area (Å²) in [5.41, 5.74) is 1.09. The van der Waals surface area contributed by atoms with Gasteiger partial charge >= 0.3 is 0 Å². The average Bonchev–Trinajstić information content (AvgIpc) is 2.80. The zero-order valence-corrected chi connectivity index (χ0v) is 10.7. The van der Waals surface area contributed by atoms with Gasteiger partial charge in [0, 0.05) is 23.0 Å². The summed E-state index contributed by atoms with van der Waals surface area (Å²) in [6, 6.07) is 13.7. The first-order chi connectivity index (χ1) is 8.29. The summed E-state index contributed by atoms with van der Waals surface area (Å²) >= 11 is 7.57. The van der Waals surface area contributed by atoms with Crippen LogP contribution in [0.2, 0.25) is 5.02 Å². The third kappa shape index (κ3) is 3.31. The summed E-state index contributed by atoms with van der Waals surface area (Å²) in [5, 5.41) is 12.8. The lowest BCUT2D eigenvalue weighted by molar-refractivity contribution is 0.701. The zero-order valence-electron chi connectivity index (χ0n) is 9.11. The van der Waals surface area contributed by atoms with E-state index in [1.54, 1.807) is 0 Å². The largest absolute Gasteiger partial charge is 0.308 e. The summed E-state index contributed by atoms with van der Waals surface area (Å²) in [6.07, 6.45) is 0. The maximum Gasteiger partial charge on any atom is 0.110 e. The van der Waals surface area contributed by atoms with Crippen LogP contribution in [-0.4, -0.2) is 0 Å². The highest BCUT2D eigenvalue weighted by Crippen LogP contribution is 2.17. The molecule has 2 rings (SSSR count). The molecule has 0 atom stereocenters. The number of rotatable bonds is 4. The smallest absolute Gasteiger partial charge is 0.110 e. The van der Waals surface area contributed by atoms with Gasteiger partial charge in [-0.3, -0.25) is 0 Å². The van der Waals surface area contributed by atoms with Crippen LogP contribution in [0.4, 0.5) is 0 Å². The van der Waals surface area contributed by atoms with Gasteiger partial charge < -0.3 is 5.32 Å². The van der Waals surface area contributed by atoms with E-state index in [2.05, 4.69) is 11.4 Å². The van der Waals surface area contributed by atoms with Crippen LogP contribution in [-0.2, 0) is 13.1 Å². The van der Waals surface area contributed by atoms with Gasteiger partial charge in [0.2, 0.25) is 0 Å².